The monoisotopic (exact) mass is 234 g/mol. The first kappa shape index (κ1) is 12.5. The molecule has 17 heavy (non-hydrogen) atoms. The zero-order valence-corrected chi connectivity index (χ0v) is 11.1. The molecule has 1 N–H and O–H groups in total. The number of methoxy groups -OCH3 is 1. The maximum absolute atomic E-state index is 5.47. The molecule has 1 aromatic heterocycles. The first-order valence-electron chi connectivity index (χ1n) is 6.24. The Morgan fingerprint density at radius 1 is 1.41 bits per heavy atom. The molecule has 0 saturated heterocycles. The lowest BCUT2D eigenvalue weighted by molar-refractivity contribution is -0.0999. The Kier molecular flexibility index (Phi) is 3.50. The molecular weight excluding hydrogens is 212 g/mol. The third-order valence-corrected chi connectivity index (χ3v) is 4.12. The van der Waals surface area contributed by atoms with Crippen LogP contribution in [0.15, 0.2) is 24.5 Å². The molecule has 0 spiro atoms. The minimum Gasteiger partial charge on any atom is -0.381 e. The van der Waals surface area contributed by atoms with Gasteiger partial charge in [0.1, 0.15) is 0 Å². The minimum atomic E-state index is 0.218. The van der Waals surface area contributed by atoms with Gasteiger partial charge in [0.25, 0.3) is 0 Å². The zero-order valence-electron chi connectivity index (χ0n) is 11.1. The van der Waals surface area contributed by atoms with Gasteiger partial charge >= 0.3 is 0 Å². The van der Waals surface area contributed by atoms with Crippen LogP contribution in [0.25, 0.3) is 0 Å². The third-order valence-electron chi connectivity index (χ3n) is 4.12. The Balaban J connectivity index is 1.95. The number of ether oxygens (including phenoxy) is 1. The molecule has 0 aliphatic heterocycles. The van der Waals surface area contributed by atoms with Crippen LogP contribution < -0.4 is 5.32 Å². The van der Waals surface area contributed by atoms with E-state index in [0.717, 1.165) is 6.42 Å². The maximum Gasteiger partial charge on any atom is 0.0652 e. The number of aromatic nitrogens is 1. The maximum atomic E-state index is 5.47. The second-order valence-electron chi connectivity index (χ2n) is 5.50. The van der Waals surface area contributed by atoms with Crippen molar-refractivity contribution in [2.45, 2.75) is 45.4 Å². The molecule has 1 aliphatic carbocycles. The molecular formula is C14H22N2O. The van der Waals surface area contributed by atoms with E-state index in [2.05, 4.69) is 43.2 Å². The first-order chi connectivity index (χ1) is 8.05. The van der Waals surface area contributed by atoms with E-state index in [-0.39, 0.29) is 5.41 Å². The summed E-state index contributed by atoms with van der Waals surface area (Å²) < 4.78 is 5.47. The molecule has 0 amide bonds. The summed E-state index contributed by atoms with van der Waals surface area (Å²) in [5.41, 5.74) is 1.51. The second-order valence-corrected chi connectivity index (χ2v) is 5.50. The SMILES string of the molecule is COC1CC(NC(C)c2ccncc2)C1(C)C. The molecule has 1 aliphatic rings. The van der Waals surface area contributed by atoms with Crippen LogP contribution in [0.4, 0.5) is 0 Å². The van der Waals surface area contributed by atoms with E-state index in [1.54, 1.807) is 7.11 Å². The predicted molar refractivity (Wildman–Crippen MR) is 68.8 cm³/mol. The highest BCUT2D eigenvalue weighted by atomic mass is 16.5. The highest BCUT2D eigenvalue weighted by Crippen LogP contribution is 2.43. The van der Waals surface area contributed by atoms with Crippen LogP contribution in [-0.2, 0) is 4.74 Å². The van der Waals surface area contributed by atoms with Crippen molar-refractivity contribution in [3.8, 4) is 0 Å². The summed E-state index contributed by atoms with van der Waals surface area (Å²) in [4.78, 5) is 4.05. The van der Waals surface area contributed by atoms with Gasteiger partial charge in [0, 0.05) is 37.0 Å². The van der Waals surface area contributed by atoms with Crippen LogP contribution in [0.2, 0.25) is 0 Å². The third kappa shape index (κ3) is 2.35. The van der Waals surface area contributed by atoms with E-state index in [4.69, 9.17) is 4.74 Å². The molecule has 94 valence electrons. The standard InChI is InChI=1S/C14H22N2O/c1-10(11-5-7-15-8-6-11)16-12-9-13(17-4)14(12,2)3/h5-8,10,12-13,16H,9H2,1-4H3. The molecule has 3 nitrogen and oxygen atoms in total. The number of hydrogen-bond donors (Lipinski definition) is 1. The average Bonchev–Trinajstić information content (AvgIpc) is 2.34. The molecule has 0 bridgehead atoms. The molecule has 3 unspecified atom stereocenters. The lowest BCUT2D eigenvalue weighted by Gasteiger charge is -2.52. The van der Waals surface area contributed by atoms with Gasteiger partial charge in [-0.3, -0.25) is 4.98 Å². The Labute approximate surface area is 104 Å². The summed E-state index contributed by atoms with van der Waals surface area (Å²) in [7, 11) is 1.80. The fourth-order valence-electron chi connectivity index (χ4n) is 2.62. The molecule has 3 heteroatoms. The summed E-state index contributed by atoms with van der Waals surface area (Å²) >= 11 is 0. The van der Waals surface area contributed by atoms with Gasteiger partial charge in [-0.2, -0.15) is 0 Å². The van der Waals surface area contributed by atoms with Gasteiger partial charge in [0.15, 0.2) is 0 Å². The number of hydrogen-bond acceptors (Lipinski definition) is 3. The average molecular weight is 234 g/mol. The topological polar surface area (TPSA) is 34.1 Å². The van der Waals surface area contributed by atoms with Gasteiger partial charge in [-0.15, -0.1) is 0 Å². The van der Waals surface area contributed by atoms with Crippen molar-refractivity contribution in [3.05, 3.63) is 30.1 Å². The van der Waals surface area contributed by atoms with E-state index in [1.165, 1.54) is 5.56 Å². The molecule has 0 radical (unpaired) electrons. The van der Waals surface area contributed by atoms with Crippen molar-refractivity contribution >= 4 is 0 Å². The Bertz CT molecular complexity index is 364. The molecule has 1 fully saturated rings. The summed E-state index contributed by atoms with van der Waals surface area (Å²) in [6, 6.07) is 5.02. The van der Waals surface area contributed by atoms with Crippen LogP contribution in [0.5, 0.6) is 0 Å². The Hall–Kier alpha value is -0.930. The van der Waals surface area contributed by atoms with Gasteiger partial charge < -0.3 is 10.1 Å². The van der Waals surface area contributed by atoms with Crippen molar-refractivity contribution < 1.29 is 4.74 Å². The van der Waals surface area contributed by atoms with Gasteiger partial charge in [-0.25, -0.2) is 0 Å². The fraction of sp³-hybridized carbons (Fsp3) is 0.643. The van der Waals surface area contributed by atoms with Crippen LogP contribution in [0, 0.1) is 5.41 Å². The lowest BCUT2D eigenvalue weighted by atomic mass is 9.64. The van der Waals surface area contributed by atoms with E-state index < -0.39 is 0 Å². The molecule has 0 aromatic carbocycles. The van der Waals surface area contributed by atoms with Crippen LogP contribution >= 0.6 is 0 Å². The largest absolute Gasteiger partial charge is 0.381 e. The minimum absolute atomic E-state index is 0.218. The van der Waals surface area contributed by atoms with Crippen molar-refractivity contribution in [3.63, 3.8) is 0 Å². The predicted octanol–water partition coefficient (Wildman–Crippen LogP) is 2.55. The summed E-state index contributed by atoms with van der Waals surface area (Å²) in [6.45, 7) is 6.73. The van der Waals surface area contributed by atoms with Gasteiger partial charge in [-0.05, 0) is 31.0 Å². The van der Waals surface area contributed by atoms with E-state index in [1.807, 2.05) is 12.4 Å². The van der Waals surface area contributed by atoms with Crippen molar-refractivity contribution in [2.75, 3.05) is 7.11 Å². The van der Waals surface area contributed by atoms with Crippen LogP contribution in [-0.4, -0.2) is 24.2 Å². The number of nitrogens with zero attached hydrogens (tertiary/aromatic N) is 1. The highest BCUT2D eigenvalue weighted by molar-refractivity contribution is 5.15. The summed E-state index contributed by atoms with van der Waals surface area (Å²) in [6.07, 6.45) is 5.16. The number of nitrogens with one attached hydrogen (secondary N) is 1. The lowest BCUT2D eigenvalue weighted by Crippen LogP contribution is -2.60. The second kappa shape index (κ2) is 4.75. The Morgan fingerprint density at radius 2 is 2.06 bits per heavy atom. The molecule has 2 rings (SSSR count). The van der Waals surface area contributed by atoms with Gasteiger partial charge in [-0.1, -0.05) is 13.8 Å². The van der Waals surface area contributed by atoms with E-state index >= 15 is 0 Å². The Morgan fingerprint density at radius 3 is 2.59 bits per heavy atom. The normalized spacial score (nSPS) is 28.5. The summed E-state index contributed by atoms with van der Waals surface area (Å²) in [5.74, 6) is 0. The smallest absolute Gasteiger partial charge is 0.0652 e. The molecule has 1 heterocycles. The summed E-state index contributed by atoms with van der Waals surface area (Å²) in [5, 5.41) is 3.68. The molecule has 3 atom stereocenters. The van der Waals surface area contributed by atoms with Crippen molar-refractivity contribution in [1.29, 1.82) is 0 Å². The van der Waals surface area contributed by atoms with Crippen molar-refractivity contribution in [1.82, 2.24) is 10.3 Å². The van der Waals surface area contributed by atoms with Gasteiger partial charge in [0.05, 0.1) is 6.10 Å². The fourth-order valence-corrected chi connectivity index (χ4v) is 2.62. The van der Waals surface area contributed by atoms with Crippen LogP contribution in [0.1, 0.15) is 38.8 Å². The van der Waals surface area contributed by atoms with Crippen molar-refractivity contribution in [2.24, 2.45) is 5.41 Å². The highest BCUT2D eigenvalue weighted by Gasteiger charge is 2.48. The molecule has 1 saturated carbocycles. The van der Waals surface area contributed by atoms with E-state index in [9.17, 15) is 0 Å². The number of pyridine rings is 1. The number of rotatable bonds is 4. The quantitative estimate of drug-likeness (QED) is 0.869. The zero-order chi connectivity index (χ0) is 12.5. The van der Waals surface area contributed by atoms with Gasteiger partial charge in [0.2, 0.25) is 0 Å². The van der Waals surface area contributed by atoms with E-state index in [0.29, 0.717) is 18.2 Å². The molecule has 1 aromatic rings. The van der Waals surface area contributed by atoms with Crippen LogP contribution in [0.3, 0.4) is 0 Å². The first-order valence-corrected chi connectivity index (χ1v) is 6.24.